The Morgan fingerprint density at radius 1 is 1.15 bits per heavy atom. The van der Waals surface area contributed by atoms with Crippen molar-refractivity contribution in [1.82, 2.24) is 9.21 Å². The number of halogens is 1. The standard InChI is InChI=1S/C22H24ClN3O6S/c1-31-16-5-2-15(3-6-16)4-7-22(28)25-8-10-26(11-9-25)33(29,30)20-13-19-18(12-17(20)23)24-21(27)14-32-19/h2-3,5-6,12-13H,4,7-11,14H2,1H3,(H,24,27). The van der Waals surface area contributed by atoms with Crippen molar-refractivity contribution in [1.29, 1.82) is 0 Å². The molecule has 2 aromatic carbocycles. The molecule has 0 saturated carbocycles. The number of carbonyl (C=O) groups excluding carboxylic acids is 2. The zero-order valence-electron chi connectivity index (χ0n) is 18.0. The first-order chi connectivity index (χ1) is 15.8. The van der Waals surface area contributed by atoms with Crippen LogP contribution in [0.2, 0.25) is 5.02 Å². The van der Waals surface area contributed by atoms with E-state index in [2.05, 4.69) is 5.32 Å². The summed E-state index contributed by atoms with van der Waals surface area (Å²) in [6, 6.07) is 10.3. The average molecular weight is 494 g/mol. The zero-order valence-corrected chi connectivity index (χ0v) is 19.6. The van der Waals surface area contributed by atoms with Crippen LogP contribution >= 0.6 is 11.6 Å². The highest BCUT2D eigenvalue weighted by Gasteiger charge is 2.33. The number of rotatable bonds is 6. The van der Waals surface area contributed by atoms with E-state index in [4.69, 9.17) is 21.1 Å². The van der Waals surface area contributed by atoms with E-state index in [0.717, 1.165) is 11.3 Å². The Hall–Kier alpha value is -2.82. The molecular weight excluding hydrogens is 470 g/mol. The third kappa shape index (κ3) is 5.07. The van der Waals surface area contributed by atoms with Crippen molar-refractivity contribution in [3.8, 4) is 11.5 Å². The minimum absolute atomic E-state index is 0.00227. The molecule has 2 aliphatic heterocycles. The summed E-state index contributed by atoms with van der Waals surface area (Å²) in [7, 11) is -2.29. The van der Waals surface area contributed by atoms with Gasteiger partial charge in [-0.1, -0.05) is 23.7 Å². The van der Waals surface area contributed by atoms with Crippen molar-refractivity contribution in [2.45, 2.75) is 17.7 Å². The third-order valence-electron chi connectivity index (χ3n) is 5.66. The minimum atomic E-state index is -3.89. The topological polar surface area (TPSA) is 105 Å². The van der Waals surface area contributed by atoms with Gasteiger partial charge in [0.2, 0.25) is 15.9 Å². The number of benzene rings is 2. The largest absolute Gasteiger partial charge is 0.497 e. The van der Waals surface area contributed by atoms with Crippen LogP contribution in [-0.4, -0.2) is 69.3 Å². The average Bonchev–Trinajstić information content (AvgIpc) is 2.82. The van der Waals surface area contributed by atoms with Crippen LogP contribution in [-0.2, 0) is 26.0 Å². The first kappa shape index (κ1) is 23.3. The number of carbonyl (C=O) groups is 2. The van der Waals surface area contributed by atoms with Gasteiger partial charge in [-0.2, -0.15) is 4.31 Å². The zero-order chi connectivity index (χ0) is 23.6. The maximum atomic E-state index is 13.2. The summed E-state index contributed by atoms with van der Waals surface area (Å²) in [5.41, 5.74) is 1.37. The number of hydrogen-bond donors (Lipinski definition) is 1. The molecule has 2 heterocycles. The van der Waals surface area contributed by atoms with E-state index in [1.54, 1.807) is 12.0 Å². The molecule has 33 heavy (non-hydrogen) atoms. The lowest BCUT2D eigenvalue weighted by Gasteiger charge is -2.34. The number of sulfonamides is 1. The van der Waals surface area contributed by atoms with Gasteiger partial charge in [0.25, 0.3) is 5.91 Å². The van der Waals surface area contributed by atoms with Crippen LogP contribution in [0, 0.1) is 0 Å². The number of nitrogens with one attached hydrogen (secondary N) is 1. The normalized spacial score (nSPS) is 16.5. The second-order valence-corrected chi connectivity index (χ2v) is 10.1. The van der Waals surface area contributed by atoms with E-state index in [1.165, 1.54) is 16.4 Å². The van der Waals surface area contributed by atoms with Crippen molar-refractivity contribution in [2.75, 3.05) is 45.2 Å². The molecule has 1 N–H and O–H groups in total. The van der Waals surface area contributed by atoms with Crippen molar-refractivity contribution in [3.05, 3.63) is 47.0 Å². The van der Waals surface area contributed by atoms with Gasteiger partial charge in [0.05, 0.1) is 17.8 Å². The van der Waals surface area contributed by atoms with Gasteiger partial charge in [-0.25, -0.2) is 8.42 Å². The molecule has 0 unspecified atom stereocenters. The van der Waals surface area contributed by atoms with Gasteiger partial charge in [0, 0.05) is 38.7 Å². The third-order valence-corrected chi connectivity index (χ3v) is 8.03. The van der Waals surface area contributed by atoms with Crippen LogP contribution in [0.25, 0.3) is 0 Å². The second-order valence-electron chi connectivity index (χ2n) is 7.75. The maximum Gasteiger partial charge on any atom is 0.262 e. The summed E-state index contributed by atoms with van der Waals surface area (Å²) in [4.78, 5) is 25.7. The molecule has 0 aliphatic carbocycles. The number of nitrogens with zero attached hydrogens (tertiary/aromatic N) is 2. The lowest BCUT2D eigenvalue weighted by Crippen LogP contribution is -2.50. The van der Waals surface area contributed by atoms with Gasteiger partial charge in [-0.05, 0) is 30.2 Å². The summed E-state index contributed by atoms with van der Waals surface area (Å²) in [6.45, 7) is 0.750. The molecule has 176 valence electrons. The molecule has 0 aromatic heterocycles. The van der Waals surface area contributed by atoms with Gasteiger partial charge < -0.3 is 19.7 Å². The number of piperazine rings is 1. The highest BCUT2D eigenvalue weighted by atomic mass is 35.5. The van der Waals surface area contributed by atoms with Gasteiger partial charge in [-0.3, -0.25) is 9.59 Å². The number of aryl methyl sites for hydroxylation is 1. The van der Waals surface area contributed by atoms with Gasteiger partial charge in [-0.15, -0.1) is 0 Å². The first-order valence-electron chi connectivity index (χ1n) is 10.4. The first-order valence-corrected chi connectivity index (χ1v) is 12.3. The quantitative estimate of drug-likeness (QED) is 0.661. The predicted molar refractivity (Wildman–Crippen MR) is 122 cm³/mol. The lowest BCUT2D eigenvalue weighted by molar-refractivity contribution is -0.132. The fourth-order valence-corrected chi connectivity index (χ4v) is 5.74. The Labute approximate surface area is 197 Å². The molecule has 0 bridgehead atoms. The Morgan fingerprint density at radius 3 is 2.52 bits per heavy atom. The molecule has 0 radical (unpaired) electrons. The number of ether oxygens (including phenoxy) is 2. The number of amides is 2. The Kier molecular flexibility index (Phi) is 6.78. The van der Waals surface area contributed by atoms with E-state index in [-0.39, 0.29) is 47.2 Å². The van der Waals surface area contributed by atoms with Gasteiger partial charge in [0.1, 0.15) is 16.4 Å². The van der Waals surface area contributed by atoms with Crippen LogP contribution in [0.5, 0.6) is 11.5 Å². The van der Waals surface area contributed by atoms with Crippen molar-refractivity contribution < 1.29 is 27.5 Å². The van der Waals surface area contributed by atoms with E-state index < -0.39 is 10.0 Å². The minimum Gasteiger partial charge on any atom is -0.497 e. The maximum absolute atomic E-state index is 13.2. The van der Waals surface area contributed by atoms with Crippen molar-refractivity contribution >= 4 is 39.1 Å². The smallest absolute Gasteiger partial charge is 0.262 e. The Morgan fingerprint density at radius 2 is 1.85 bits per heavy atom. The fourth-order valence-electron chi connectivity index (χ4n) is 3.80. The molecule has 0 atom stereocenters. The fraction of sp³-hybridized carbons (Fsp3) is 0.364. The molecule has 2 aliphatic rings. The summed E-state index contributed by atoms with van der Waals surface area (Å²) in [5.74, 6) is 0.670. The highest BCUT2D eigenvalue weighted by molar-refractivity contribution is 7.89. The number of methoxy groups -OCH3 is 1. The summed E-state index contributed by atoms with van der Waals surface area (Å²) >= 11 is 6.23. The van der Waals surface area contributed by atoms with Crippen LogP contribution in [0.1, 0.15) is 12.0 Å². The molecular formula is C22H24ClN3O6S. The molecule has 1 fully saturated rings. The summed E-state index contributed by atoms with van der Waals surface area (Å²) in [5, 5.41) is 2.60. The van der Waals surface area contributed by atoms with Gasteiger partial charge in [0.15, 0.2) is 6.61 Å². The molecule has 9 nitrogen and oxygen atoms in total. The number of hydrogen-bond acceptors (Lipinski definition) is 6. The lowest BCUT2D eigenvalue weighted by atomic mass is 10.1. The summed E-state index contributed by atoms with van der Waals surface area (Å²) < 4.78 is 38.1. The van der Waals surface area contributed by atoms with Crippen LogP contribution in [0.15, 0.2) is 41.3 Å². The molecule has 4 rings (SSSR count). The molecule has 0 spiro atoms. The highest BCUT2D eigenvalue weighted by Crippen LogP contribution is 2.37. The van der Waals surface area contributed by atoms with Gasteiger partial charge >= 0.3 is 0 Å². The van der Waals surface area contributed by atoms with E-state index >= 15 is 0 Å². The van der Waals surface area contributed by atoms with Crippen LogP contribution in [0.4, 0.5) is 5.69 Å². The molecule has 11 heteroatoms. The molecule has 1 saturated heterocycles. The van der Waals surface area contributed by atoms with E-state index in [0.29, 0.717) is 31.6 Å². The van der Waals surface area contributed by atoms with Crippen LogP contribution in [0.3, 0.4) is 0 Å². The summed E-state index contributed by atoms with van der Waals surface area (Å²) in [6.07, 6.45) is 0.946. The van der Waals surface area contributed by atoms with E-state index in [1.807, 2.05) is 24.3 Å². The van der Waals surface area contributed by atoms with Crippen molar-refractivity contribution in [3.63, 3.8) is 0 Å². The van der Waals surface area contributed by atoms with Crippen LogP contribution < -0.4 is 14.8 Å². The Balaban J connectivity index is 1.36. The SMILES string of the molecule is COc1ccc(CCC(=O)N2CCN(S(=O)(=O)c3cc4c(cc3Cl)NC(=O)CO4)CC2)cc1. The van der Waals surface area contributed by atoms with E-state index in [9.17, 15) is 18.0 Å². The second kappa shape index (κ2) is 9.58. The number of fused-ring (bicyclic) bond motifs is 1. The molecule has 2 amide bonds. The molecule has 2 aromatic rings. The predicted octanol–water partition coefficient (Wildman–Crippen LogP) is 2.15. The monoisotopic (exact) mass is 493 g/mol. The Bertz CT molecular complexity index is 1160. The number of anilines is 1. The van der Waals surface area contributed by atoms with Crippen molar-refractivity contribution in [2.24, 2.45) is 0 Å².